The molecular formula is C12H13F2N3. The number of halogens is 2. The molecule has 90 valence electrons. The van der Waals surface area contributed by atoms with Crippen molar-refractivity contribution in [3.05, 3.63) is 35.4 Å². The predicted octanol–water partition coefficient (Wildman–Crippen LogP) is 1.26. The van der Waals surface area contributed by atoms with Crippen molar-refractivity contribution in [1.82, 2.24) is 10.2 Å². The van der Waals surface area contributed by atoms with Gasteiger partial charge in [-0.05, 0) is 17.7 Å². The summed E-state index contributed by atoms with van der Waals surface area (Å²) in [5.41, 5.74) is 0.560. The summed E-state index contributed by atoms with van der Waals surface area (Å²) in [6, 6.07) is 5.40. The predicted molar refractivity (Wildman–Crippen MR) is 59.0 cm³/mol. The second kappa shape index (κ2) is 5.21. The largest absolute Gasteiger partial charge is 0.313 e. The number of hydrogen-bond acceptors (Lipinski definition) is 3. The molecule has 1 aliphatic rings. The number of hydrogen-bond donors (Lipinski definition) is 1. The quantitative estimate of drug-likeness (QED) is 0.841. The third-order valence-corrected chi connectivity index (χ3v) is 2.81. The lowest BCUT2D eigenvalue weighted by Crippen LogP contribution is -2.49. The number of nitrogens with one attached hydrogen (secondary N) is 1. The molecule has 1 aliphatic heterocycles. The Balaban J connectivity index is 2.11. The maximum Gasteiger partial charge on any atom is 0.126 e. The van der Waals surface area contributed by atoms with Crippen LogP contribution in [0.3, 0.4) is 0 Å². The minimum absolute atomic E-state index is 0.241. The maximum atomic E-state index is 13.0. The van der Waals surface area contributed by atoms with E-state index in [2.05, 4.69) is 11.4 Å². The lowest BCUT2D eigenvalue weighted by atomic mass is 10.1. The number of piperazine rings is 1. The second-order valence-corrected chi connectivity index (χ2v) is 4.10. The van der Waals surface area contributed by atoms with Gasteiger partial charge in [-0.1, -0.05) is 0 Å². The molecule has 0 amide bonds. The topological polar surface area (TPSA) is 39.1 Å². The van der Waals surface area contributed by atoms with Crippen LogP contribution in [0.15, 0.2) is 18.2 Å². The average Bonchev–Trinajstić information content (AvgIpc) is 2.28. The van der Waals surface area contributed by atoms with Gasteiger partial charge >= 0.3 is 0 Å². The molecular weight excluding hydrogens is 224 g/mol. The molecule has 0 aromatic heterocycles. The van der Waals surface area contributed by atoms with E-state index in [4.69, 9.17) is 5.26 Å². The third-order valence-electron chi connectivity index (χ3n) is 2.81. The van der Waals surface area contributed by atoms with E-state index < -0.39 is 11.6 Å². The standard InChI is InChI=1S/C12H13F2N3/c13-10-3-9(4-11(14)5-10)8-17-2-1-16-7-12(17)6-15/h3-5,12,16H,1-2,7-8H2. The molecule has 17 heavy (non-hydrogen) atoms. The fraction of sp³-hybridized carbons (Fsp3) is 0.417. The zero-order valence-electron chi connectivity index (χ0n) is 9.29. The monoisotopic (exact) mass is 237 g/mol. The first kappa shape index (κ1) is 12.0. The molecule has 1 N–H and O–H groups in total. The molecule has 0 aliphatic carbocycles. The molecule has 0 radical (unpaired) electrons. The summed E-state index contributed by atoms with van der Waals surface area (Å²) in [5.74, 6) is -1.16. The van der Waals surface area contributed by atoms with Crippen molar-refractivity contribution in [3.63, 3.8) is 0 Å². The van der Waals surface area contributed by atoms with Gasteiger partial charge in [-0.15, -0.1) is 0 Å². The van der Waals surface area contributed by atoms with Crippen molar-refractivity contribution < 1.29 is 8.78 Å². The summed E-state index contributed by atoms with van der Waals surface area (Å²) in [6.07, 6.45) is 0. The Labute approximate surface area is 98.6 Å². The van der Waals surface area contributed by atoms with Crippen molar-refractivity contribution in [2.75, 3.05) is 19.6 Å². The SMILES string of the molecule is N#CC1CNCCN1Cc1cc(F)cc(F)c1. The minimum Gasteiger partial charge on any atom is -0.313 e. The summed E-state index contributed by atoms with van der Waals surface area (Å²) in [5, 5.41) is 12.1. The summed E-state index contributed by atoms with van der Waals surface area (Å²) in [4.78, 5) is 1.92. The number of benzene rings is 1. The van der Waals surface area contributed by atoms with Crippen LogP contribution < -0.4 is 5.32 Å². The maximum absolute atomic E-state index is 13.0. The Hall–Kier alpha value is -1.51. The Kier molecular flexibility index (Phi) is 3.67. The summed E-state index contributed by atoms with van der Waals surface area (Å²) >= 11 is 0. The van der Waals surface area contributed by atoms with Crippen LogP contribution in [0.25, 0.3) is 0 Å². The van der Waals surface area contributed by atoms with E-state index in [9.17, 15) is 8.78 Å². The van der Waals surface area contributed by atoms with E-state index >= 15 is 0 Å². The fourth-order valence-electron chi connectivity index (χ4n) is 2.00. The Morgan fingerprint density at radius 2 is 2.06 bits per heavy atom. The van der Waals surface area contributed by atoms with Crippen LogP contribution in [-0.2, 0) is 6.54 Å². The fourth-order valence-corrected chi connectivity index (χ4v) is 2.00. The highest BCUT2D eigenvalue weighted by Gasteiger charge is 2.21. The molecule has 3 nitrogen and oxygen atoms in total. The van der Waals surface area contributed by atoms with Gasteiger partial charge in [0.15, 0.2) is 0 Å². The van der Waals surface area contributed by atoms with Crippen LogP contribution in [0.1, 0.15) is 5.56 Å². The van der Waals surface area contributed by atoms with Gasteiger partial charge in [-0.2, -0.15) is 5.26 Å². The highest BCUT2D eigenvalue weighted by Crippen LogP contribution is 2.13. The van der Waals surface area contributed by atoms with Crippen LogP contribution in [0.2, 0.25) is 0 Å². The molecule has 1 aromatic carbocycles. The van der Waals surface area contributed by atoms with Crippen LogP contribution in [-0.4, -0.2) is 30.6 Å². The summed E-state index contributed by atoms with van der Waals surface area (Å²) < 4.78 is 26.1. The van der Waals surface area contributed by atoms with Crippen molar-refractivity contribution in [2.45, 2.75) is 12.6 Å². The van der Waals surface area contributed by atoms with Crippen LogP contribution in [0, 0.1) is 23.0 Å². The zero-order valence-corrected chi connectivity index (χ0v) is 9.29. The molecule has 5 heteroatoms. The van der Waals surface area contributed by atoms with Gasteiger partial charge in [0.2, 0.25) is 0 Å². The van der Waals surface area contributed by atoms with Gasteiger partial charge < -0.3 is 5.32 Å². The van der Waals surface area contributed by atoms with E-state index in [0.717, 1.165) is 12.6 Å². The third kappa shape index (κ3) is 2.99. The summed E-state index contributed by atoms with van der Waals surface area (Å²) in [6.45, 7) is 2.48. The second-order valence-electron chi connectivity index (χ2n) is 4.10. The highest BCUT2D eigenvalue weighted by atomic mass is 19.1. The van der Waals surface area contributed by atoms with Gasteiger partial charge in [0.05, 0.1) is 6.07 Å². The summed E-state index contributed by atoms with van der Waals surface area (Å²) in [7, 11) is 0. The number of nitrogens with zero attached hydrogens (tertiary/aromatic N) is 2. The smallest absolute Gasteiger partial charge is 0.126 e. The molecule has 1 saturated heterocycles. The van der Waals surface area contributed by atoms with Crippen molar-refractivity contribution >= 4 is 0 Å². The van der Waals surface area contributed by atoms with Crippen molar-refractivity contribution in [1.29, 1.82) is 5.26 Å². The molecule has 1 atom stereocenters. The molecule has 1 unspecified atom stereocenters. The first-order valence-electron chi connectivity index (χ1n) is 5.48. The molecule has 1 fully saturated rings. The molecule has 0 saturated carbocycles. The van der Waals surface area contributed by atoms with Gasteiger partial charge in [0, 0.05) is 32.2 Å². The Morgan fingerprint density at radius 3 is 2.71 bits per heavy atom. The van der Waals surface area contributed by atoms with Crippen molar-refractivity contribution in [2.24, 2.45) is 0 Å². The van der Waals surface area contributed by atoms with Gasteiger partial charge in [0.1, 0.15) is 17.7 Å². The molecule has 0 bridgehead atoms. The number of rotatable bonds is 2. The lowest BCUT2D eigenvalue weighted by Gasteiger charge is -2.31. The molecule has 0 spiro atoms. The van der Waals surface area contributed by atoms with E-state index in [0.29, 0.717) is 25.2 Å². The number of nitriles is 1. The van der Waals surface area contributed by atoms with Gasteiger partial charge in [-0.25, -0.2) is 8.78 Å². The van der Waals surface area contributed by atoms with Gasteiger partial charge in [0.25, 0.3) is 0 Å². The Bertz CT molecular complexity index is 422. The Morgan fingerprint density at radius 1 is 1.35 bits per heavy atom. The van der Waals surface area contributed by atoms with Crippen molar-refractivity contribution in [3.8, 4) is 6.07 Å². The first-order chi connectivity index (χ1) is 8.19. The molecule has 1 aromatic rings. The zero-order chi connectivity index (χ0) is 12.3. The molecule has 2 rings (SSSR count). The average molecular weight is 237 g/mol. The van der Waals surface area contributed by atoms with E-state index in [1.54, 1.807) is 0 Å². The normalized spacial score (nSPS) is 21.1. The van der Waals surface area contributed by atoms with E-state index in [1.165, 1.54) is 12.1 Å². The van der Waals surface area contributed by atoms with Crippen LogP contribution >= 0.6 is 0 Å². The molecule has 1 heterocycles. The highest BCUT2D eigenvalue weighted by molar-refractivity contribution is 5.18. The van der Waals surface area contributed by atoms with E-state index in [1.807, 2.05) is 4.90 Å². The lowest BCUT2D eigenvalue weighted by molar-refractivity contribution is 0.189. The van der Waals surface area contributed by atoms with Crippen LogP contribution in [0.5, 0.6) is 0 Å². The van der Waals surface area contributed by atoms with Gasteiger partial charge in [-0.3, -0.25) is 4.90 Å². The van der Waals surface area contributed by atoms with E-state index in [-0.39, 0.29) is 6.04 Å². The minimum atomic E-state index is -0.580. The first-order valence-corrected chi connectivity index (χ1v) is 5.48. The van der Waals surface area contributed by atoms with Crippen LogP contribution in [0.4, 0.5) is 8.78 Å².